The highest BCUT2D eigenvalue weighted by Crippen LogP contribution is 2.39. The predicted molar refractivity (Wildman–Crippen MR) is 106 cm³/mol. The molecule has 4 rings (SSSR count). The zero-order chi connectivity index (χ0) is 18.6. The summed E-state index contributed by atoms with van der Waals surface area (Å²) < 4.78 is 11.6. The van der Waals surface area contributed by atoms with Crippen LogP contribution < -0.4 is 14.8 Å². The summed E-state index contributed by atoms with van der Waals surface area (Å²) in [5, 5.41) is 12.6. The molecular weight excluding hydrogens is 360 g/mol. The first-order valence-corrected chi connectivity index (χ1v) is 9.42. The summed E-state index contributed by atoms with van der Waals surface area (Å²) in [6.45, 7) is 3.73. The molecule has 0 saturated carbocycles. The molecule has 0 fully saturated rings. The Bertz CT molecular complexity index is 980. The van der Waals surface area contributed by atoms with Crippen molar-refractivity contribution < 1.29 is 9.47 Å². The maximum atomic E-state index is 6.23. The normalized spacial score (nSPS) is 14.8. The fourth-order valence-electron chi connectivity index (χ4n) is 2.80. The highest BCUT2D eigenvalue weighted by Gasteiger charge is 2.26. The Morgan fingerprint density at radius 2 is 2.11 bits per heavy atom. The lowest BCUT2D eigenvalue weighted by Crippen LogP contribution is -2.17. The molecular formula is C20H18N4O2S. The monoisotopic (exact) mass is 378 g/mol. The average Bonchev–Trinajstić information content (AvgIpc) is 2.88. The van der Waals surface area contributed by atoms with Crippen LogP contribution in [0.3, 0.4) is 0 Å². The van der Waals surface area contributed by atoms with E-state index in [-0.39, 0.29) is 0 Å². The van der Waals surface area contributed by atoms with Crippen LogP contribution in [-0.2, 0) is 0 Å². The maximum absolute atomic E-state index is 6.23. The van der Waals surface area contributed by atoms with Crippen molar-refractivity contribution in [2.45, 2.75) is 11.4 Å². The molecule has 2 aromatic carbocycles. The number of methoxy groups -OCH3 is 1. The number of hydrogen-bond donors (Lipinski definition) is 1. The molecule has 0 amide bonds. The second kappa shape index (κ2) is 7.67. The smallest absolute Gasteiger partial charge is 0.247 e. The van der Waals surface area contributed by atoms with Crippen LogP contribution in [-0.4, -0.2) is 28.0 Å². The van der Waals surface area contributed by atoms with Crippen molar-refractivity contribution in [1.29, 1.82) is 0 Å². The second-order valence-electron chi connectivity index (χ2n) is 5.81. The van der Waals surface area contributed by atoms with Gasteiger partial charge in [0.1, 0.15) is 5.75 Å². The third kappa shape index (κ3) is 3.59. The third-order valence-electron chi connectivity index (χ3n) is 4.06. The Hall–Kier alpha value is -3.06. The molecule has 27 heavy (non-hydrogen) atoms. The molecule has 1 aliphatic rings. The summed E-state index contributed by atoms with van der Waals surface area (Å²) in [6.07, 6.45) is 1.37. The van der Waals surface area contributed by atoms with Gasteiger partial charge in [-0.3, -0.25) is 0 Å². The van der Waals surface area contributed by atoms with Crippen LogP contribution in [0, 0.1) is 0 Å². The lowest BCUT2D eigenvalue weighted by Gasteiger charge is -2.19. The number of benzene rings is 2. The topological polar surface area (TPSA) is 69.2 Å². The number of rotatable bonds is 5. The van der Waals surface area contributed by atoms with Crippen molar-refractivity contribution in [3.05, 3.63) is 66.7 Å². The SMILES string of the molecule is C=CCSc1nnc2c(n1)O[C@@H](c1cccc(OC)c1)Nc1ccccc1-2. The molecule has 3 aromatic rings. The molecule has 2 heterocycles. The number of anilines is 1. The van der Waals surface area contributed by atoms with Gasteiger partial charge >= 0.3 is 0 Å². The van der Waals surface area contributed by atoms with Crippen LogP contribution in [0.5, 0.6) is 11.6 Å². The number of hydrogen-bond acceptors (Lipinski definition) is 7. The summed E-state index contributed by atoms with van der Waals surface area (Å²) in [5.41, 5.74) is 3.35. The fraction of sp³-hybridized carbons (Fsp3) is 0.150. The van der Waals surface area contributed by atoms with E-state index in [9.17, 15) is 0 Å². The van der Waals surface area contributed by atoms with E-state index in [2.05, 4.69) is 27.1 Å². The molecule has 136 valence electrons. The largest absolute Gasteiger partial charge is 0.497 e. The fourth-order valence-corrected chi connectivity index (χ4v) is 3.31. The van der Waals surface area contributed by atoms with E-state index in [1.807, 2.05) is 48.5 Å². The number of para-hydroxylation sites is 1. The van der Waals surface area contributed by atoms with Crippen LogP contribution in [0.4, 0.5) is 5.69 Å². The minimum Gasteiger partial charge on any atom is -0.497 e. The first-order valence-electron chi connectivity index (χ1n) is 8.43. The highest BCUT2D eigenvalue weighted by molar-refractivity contribution is 7.99. The quantitative estimate of drug-likeness (QED) is 0.523. The number of aromatic nitrogens is 3. The van der Waals surface area contributed by atoms with Gasteiger partial charge in [0.2, 0.25) is 11.0 Å². The first kappa shape index (κ1) is 17.4. The molecule has 1 aliphatic heterocycles. The van der Waals surface area contributed by atoms with Crippen LogP contribution in [0.2, 0.25) is 0 Å². The van der Waals surface area contributed by atoms with E-state index in [4.69, 9.17) is 9.47 Å². The molecule has 0 unspecified atom stereocenters. The second-order valence-corrected chi connectivity index (χ2v) is 6.80. The van der Waals surface area contributed by atoms with Gasteiger partial charge in [0.25, 0.3) is 0 Å². The molecule has 6 nitrogen and oxygen atoms in total. The van der Waals surface area contributed by atoms with Gasteiger partial charge in [0.15, 0.2) is 11.9 Å². The highest BCUT2D eigenvalue weighted by atomic mass is 32.2. The van der Waals surface area contributed by atoms with Gasteiger partial charge in [-0.2, -0.15) is 4.98 Å². The Morgan fingerprint density at radius 3 is 2.96 bits per heavy atom. The summed E-state index contributed by atoms with van der Waals surface area (Å²) in [4.78, 5) is 4.58. The lowest BCUT2D eigenvalue weighted by atomic mass is 10.1. The van der Waals surface area contributed by atoms with E-state index >= 15 is 0 Å². The zero-order valence-electron chi connectivity index (χ0n) is 14.8. The van der Waals surface area contributed by atoms with Gasteiger partial charge in [-0.05, 0) is 18.2 Å². The van der Waals surface area contributed by atoms with Crippen molar-refractivity contribution in [3.63, 3.8) is 0 Å². The number of thioether (sulfide) groups is 1. The minimum atomic E-state index is -0.434. The molecule has 0 saturated heterocycles. The molecule has 1 N–H and O–H groups in total. The summed E-state index contributed by atoms with van der Waals surface area (Å²) in [5.74, 6) is 1.91. The van der Waals surface area contributed by atoms with E-state index < -0.39 is 6.23 Å². The maximum Gasteiger partial charge on any atom is 0.247 e. The molecule has 1 atom stereocenters. The van der Waals surface area contributed by atoms with Gasteiger partial charge in [0, 0.05) is 22.6 Å². The van der Waals surface area contributed by atoms with E-state index in [0.717, 1.165) is 22.6 Å². The summed E-state index contributed by atoms with van der Waals surface area (Å²) in [7, 11) is 1.64. The third-order valence-corrected chi connectivity index (χ3v) is 4.89. The number of nitrogens with zero attached hydrogens (tertiary/aromatic N) is 3. The Labute approximate surface area is 161 Å². The van der Waals surface area contributed by atoms with Crippen molar-refractivity contribution in [2.75, 3.05) is 18.2 Å². The van der Waals surface area contributed by atoms with Crippen LogP contribution >= 0.6 is 11.8 Å². The van der Waals surface area contributed by atoms with Crippen LogP contribution in [0.25, 0.3) is 11.3 Å². The molecule has 0 spiro atoms. The van der Waals surface area contributed by atoms with Crippen LogP contribution in [0.1, 0.15) is 11.8 Å². The van der Waals surface area contributed by atoms with E-state index in [0.29, 0.717) is 22.5 Å². The van der Waals surface area contributed by atoms with Crippen molar-refractivity contribution in [1.82, 2.24) is 15.2 Å². The van der Waals surface area contributed by atoms with Gasteiger partial charge in [-0.15, -0.1) is 16.8 Å². The van der Waals surface area contributed by atoms with Crippen molar-refractivity contribution in [2.24, 2.45) is 0 Å². The number of fused-ring (bicyclic) bond motifs is 3. The number of ether oxygens (including phenoxy) is 2. The Morgan fingerprint density at radius 1 is 1.22 bits per heavy atom. The van der Waals surface area contributed by atoms with Gasteiger partial charge in [-0.25, -0.2) is 0 Å². The van der Waals surface area contributed by atoms with Crippen molar-refractivity contribution in [3.8, 4) is 22.9 Å². The predicted octanol–water partition coefficient (Wildman–Crippen LogP) is 4.33. The molecule has 1 aromatic heterocycles. The van der Waals surface area contributed by atoms with Crippen molar-refractivity contribution >= 4 is 17.4 Å². The molecule has 7 heteroatoms. The minimum absolute atomic E-state index is 0.434. The molecule has 0 radical (unpaired) electrons. The zero-order valence-corrected chi connectivity index (χ0v) is 15.6. The summed E-state index contributed by atoms with van der Waals surface area (Å²) >= 11 is 1.46. The molecule has 0 bridgehead atoms. The van der Waals surface area contributed by atoms with E-state index in [1.54, 1.807) is 13.2 Å². The Balaban J connectivity index is 1.79. The number of nitrogens with one attached hydrogen (secondary N) is 1. The lowest BCUT2D eigenvalue weighted by molar-refractivity contribution is 0.224. The summed E-state index contributed by atoms with van der Waals surface area (Å²) in [6, 6.07) is 15.6. The molecule has 0 aliphatic carbocycles. The average molecular weight is 378 g/mol. The standard InChI is InChI=1S/C20H18N4O2S/c1-3-11-27-20-22-19-17(23-24-20)15-9-4-5-10-16(15)21-18(26-19)13-7-6-8-14(12-13)25-2/h3-10,12,18,21H,1,11H2,2H3/t18-/m0/s1. The van der Waals surface area contributed by atoms with Gasteiger partial charge in [0.05, 0.1) is 7.11 Å². The van der Waals surface area contributed by atoms with Gasteiger partial charge < -0.3 is 14.8 Å². The van der Waals surface area contributed by atoms with Gasteiger partial charge in [-0.1, -0.05) is 48.2 Å². The Kier molecular flexibility index (Phi) is 4.93. The first-order chi connectivity index (χ1) is 13.3. The van der Waals surface area contributed by atoms with E-state index in [1.165, 1.54) is 11.8 Å². The van der Waals surface area contributed by atoms with Crippen LogP contribution in [0.15, 0.2) is 66.3 Å².